The monoisotopic (exact) mass is 212 g/mol. The maximum Gasteiger partial charge on any atom is 0.246 e. The highest BCUT2D eigenvalue weighted by atomic mass is 16.5. The highest BCUT2D eigenvalue weighted by Gasteiger charge is 2.29. The van der Waals surface area contributed by atoms with Crippen LogP contribution in [0.3, 0.4) is 0 Å². The molecule has 1 rings (SSSR count). The van der Waals surface area contributed by atoms with E-state index in [2.05, 4.69) is 11.9 Å². The molecule has 0 aromatic rings. The molecule has 1 fully saturated rings. The van der Waals surface area contributed by atoms with Crippen LogP contribution in [0.1, 0.15) is 25.7 Å². The zero-order chi connectivity index (χ0) is 11.1. The van der Waals surface area contributed by atoms with Gasteiger partial charge in [0.1, 0.15) is 6.61 Å². The predicted octanol–water partition coefficient (Wildman–Crippen LogP) is 0.577. The van der Waals surface area contributed by atoms with Crippen molar-refractivity contribution in [2.24, 2.45) is 5.73 Å². The first-order valence-corrected chi connectivity index (χ1v) is 5.40. The fourth-order valence-corrected chi connectivity index (χ4v) is 1.81. The molecule has 0 aliphatic heterocycles. The summed E-state index contributed by atoms with van der Waals surface area (Å²) in [6.45, 7) is 4.56. The second-order valence-electron chi connectivity index (χ2n) is 4.16. The molecule has 0 saturated heterocycles. The van der Waals surface area contributed by atoms with Crippen molar-refractivity contribution in [2.75, 3.05) is 19.8 Å². The molecular weight excluding hydrogens is 192 g/mol. The first-order chi connectivity index (χ1) is 7.16. The van der Waals surface area contributed by atoms with Crippen LogP contribution in [0.4, 0.5) is 0 Å². The van der Waals surface area contributed by atoms with E-state index < -0.39 is 0 Å². The van der Waals surface area contributed by atoms with E-state index in [1.807, 2.05) is 0 Å². The summed E-state index contributed by atoms with van der Waals surface area (Å²) in [5, 5.41) is 2.65. The van der Waals surface area contributed by atoms with Crippen molar-refractivity contribution < 1.29 is 9.53 Å². The van der Waals surface area contributed by atoms with Crippen LogP contribution in [0.15, 0.2) is 12.7 Å². The number of carbonyl (C=O) groups excluding carboxylic acids is 1. The Kier molecular flexibility index (Phi) is 4.78. The van der Waals surface area contributed by atoms with E-state index in [0.717, 1.165) is 12.8 Å². The van der Waals surface area contributed by atoms with Gasteiger partial charge in [-0.05, 0) is 12.8 Å². The first-order valence-electron chi connectivity index (χ1n) is 5.40. The minimum absolute atomic E-state index is 0.0901. The number of carbonyl (C=O) groups is 1. The maximum absolute atomic E-state index is 11.2. The van der Waals surface area contributed by atoms with Crippen molar-refractivity contribution in [3.63, 3.8) is 0 Å². The Morgan fingerprint density at radius 2 is 2.20 bits per heavy atom. The molecule has 0 atom stereocenters. The van der Waals surface area contributed by atoms with Crippen molar-refractivity contribution in [3.05, 3.63) is 12.7 Å². The molecule has 3 N–H and O–H groups in total. The largest absolute Gasteiger partial charge is 0.370 e. The quantitative estimate of drug-likeness (QED) is 0.633. The van der Waals surface area contributed by atoms with Crippen LogP contribution in [0.5, 0.6) is 0 Å². The van der Waals surface area contributed by atoms with Gasteiger partial charge in [-0.3, -0.25) is 4.79 Å². The van der Waals surface area contributed by atoms with Crippen LogP contribution in [-0.2, 0) is 9.53 Å². The maximum atomic E-state index is 11.2. The molecule has 0 aromatic heterocycles. The van der Waals surface area contributed by atoms with E-state index in [9.17, 15) is 4.79 Å². The first kappa shape index (κ1) is 12.2. The average molecular weight is 212 g/mol. The highest BCUT2D eigenvalue weighted by molar-refractivity contribution is 5.77. The van der Waals surface area contributed by atoms with Gasteiger partial charge in [-0.15, -0.1) is 6.58 Å². The number of nitrogens with two attached hydrogens (primary N) is 1. The topological polar surface area (TPSA) is 64.3 Å². The van der Waals surface area contributed by atoms with Gasteiger partial charge in [0.25, 0.3) is 0 Å². The molecule has 1 aliphatic carbocycles. The van der Waals surface area contributed by atoms with E-state index >= 15 is 0 Å². The lowest BCUT2D eigenvalue weighted by Crippen LogP contribution is -2.42. The number of hydrogen-bond donors (Lipinski definition) is 2. The Morgan fingerprint density at radius 1 is 1.53 bits per heavy atom. The van der Waals surface area contributed by atoms with Crippen molar-refractivity contribution in [3.8, 4) is 0 Å². The summed E-state index contributed by atoms with van der Waals surface area (Å²) in [5.74, 6) is -0.114. The highest BCUT2D eigenvalue weighted by Crippen LogP contribution is 2.27. The molecule has 0 bridgehead atoms. The molecule has 0 heterocycles. The summed E-state index contributed by atoms with van der Waals surface area (Å²) in [6.07, 6.45) is 5.98. The van der Waals surface area contributed by atoms with Crippen LogP contribution >= 0.6 is 0 Å². The smallest absolute Gasteiger partial charge is 0.246 e. The van der Waals surface area contributed by atoms with Gasteiger partial charge < -0.3 is 15.8 Å². The number of hydrogen-bond acceptors (Lipinski definition) is 3. The molecule has 0 spiro atoms. The number of ether oxygens (including phenoxy) is 1. The predicted molar refractivity (Wildman–Crippen MR) is 59.4 cm³/mol. The number of rotatable bonds is 6. The zero-order valence-electron chi connectivity index (χ0n) is 9.13. The van der Waals surface area contributed by atoms with Crippen LogP contribution in [0.25, 0.3) is 0 Å². The zero-order valence-corrected chi connectivity index (χ0v) is 9.13. The standard InChI is InChI=1S/C11H20N2O2/c1-2-7-13-10(14)8-15-9-11(12)5-3-4-6-11/h2H,1,3-9,12H2,(H,13,14). The van der Waals surface area contributed by atoms with Crippen molar-refractivity contribution in [1.82, 2.24) is 5.32 Å². The van der Waals surface area contributed by atoms with Gasteiger partial charge >= 0.3 is 0 Å². The lowest BCUT2D eigenvalue weighted by atomic mass is 10.0. The van der Waals surface area contributed by atoms with E-state index in [-0.39, 0.29) is 18.1 Å². The summed E-state index contributed by atoms with van der Waals surface area (Å²) in [6, 6.07) is 0. The summed E-state index contributed by atoms with van der Waals surface area (Å²) in [7, 11) is 0. The summed E-state index contributed by atoms with van der Waals surface area (Å²) in [4.78, 5) is 11.2. The molecule has 4 heteroatoms. The van der Waals surface area contributed by atoms with E-state index in [1.54, 1.807) is 6.08 Å². The van der Waals surface area contributed by atoms with Gasteiger partial charge in [0.2, 0.25) is 5.91 Å². The van der Waals surface area contributed by atoms with Crippen LogP contribution < -0.4 is 11.1 Å². The van der Waals surface area contributed by atoms with Crippen LogP contribution in [0, 0.1) is 0 Å². The second-order valence-corrected chi connectivity index (χ2v) is 4.16. The Hall–Kier alpha value is -0.870. The fraction of sp³-hybridized carbons (Fsp3) is 0.727. The molecule has 4 nitrogen and oxygen atoms in total. The van der Waals surface area contributed by atoms with E-state index in [1.165, 1.54) is 12.8 Å². The lowest BCUT2D eigenvalue weighted by Gasteiger charge is -2.22. The van der Waals surface area contributed by atoms with E-state index in [4.69, 9.17) is 10.5 Å². The minimum Gasteiger partial charge on any atom is -0.370 e. The molecule has 86 valence electrons. The molecule has 0 unspecified atom stereocenters. The van der Waals surface area contributed by atoms with Crippen molar-refractivity contribution in [2.45, 2.75) is 31.2 Å². The Morgan fingerprint density at radius 3 is 2.80 bits per heavy atom. The Labute approximate surface area is 90.9 Å². The molecule has 0 aromatic carbocycles. The Bertz CT molecular complexity index is 223. The molecule has 0 radical (unpaired) electrons. The normalized spacial score (nSPS) is 18.7. The number of amides is 1. The van der Waals surface area contributed by atoms with Crippen molar-refractivity contribution >= 4 is 5.91 Å². The third kappa shape index (κ3) is 4.44. The third-order valence-corrected chi connectivity index (χ3v) is 2.67. The van der Waals surface area contributed by atoms with Gasteiger partial charge in [-0.25, -0.2) is 0 Å². The van der Waals surface area contributed by atoms with E-state index in [0.29, 0.717) is 13.2 Å². The molecule has 15 heavy (non-hydrogen) atoms. The minimum atomic E-state index is -0.196. The average Bonchev–Trinajstić information content (AvgIpc) is 2.62. The Balaban J connectivity index is 2.09. The lowest BCUT2D eigenvalue weighted by molar-refractivity contribution is -0.126. The van der Waals surface area contributed by atoms with Gasteiger partial charge in [0.05, 0.1) is 6.61 Å². The third-order valence-electron chi connectivity index (χ3n) is 2.67. The molecule has 1 saturated carbocycles. The number of nitrogens with one attached hydrogen (secondary N) is 1. The fourth-order valence-electron chi connectivity index (χ4n) is 1.81. The second kappa shape index (κ2) is 5.88. The van der Waals surface area contributed by atoms with Gasteiger partial charge in [-0.2, -0.15) is 0 Å². The SMILES string of the molecule is C=CCNC(=O)COCC1(N)CCCC1. The molecular formula is C11H20N2O2. The summed E-state index contributed by atoms with van der Waals surface area (Å²) >= 11 is 0. The summed E-state index contributed by atoms with van der Waals surface area (Å²) in [5.41, 5.74) is 5.88. The molecule has 1 amide bonds. The molecule has 1 aliphatic rings. The van der Waals surface area contributed by atoms with Gasteiger partial charge in [0.15, 0.2) is 0 Å². The van der Waals surface area contributed by atoms with Crippen molar-refractivity contribution in [1.29, 1.82) is 0 Å². The summed E-state index contributed by atoms with van der Waals surface area (Å²) < 4.78 is 5.31. The van der Waals surface area contributed by atoms with Crippen LogP contribution in [0.2, 0.25) is 0 Å². The van der Waals surface area contributed by atoms with Crippen LogP contribution in [-0.4, -0.2) is 31.2 Å². The van der Waals surface area contributed by atoms with Gasteiger partial charge in [-0.1, -0.05) is 18.9 Å². The van der Waals surface area contributed by atoms with Gasteiger partial charge in [0, 0.05) is 12.1 Å².